The zero-order chi connectivity index (χ0) is 22.9. The van der Waals surface area contributed by atoms with E-state index < -0.39 is 5.91 Å². The molecule has 0 aliphatic rings. The lowest BCUT2D eigenvalue weighted by Crippen LogP contribution is -2.13. The second-order valence-corrected chi connectivity index (χ2v) is 7.64. The quantitative estimate of drug-likeness (QED) is 0.353. The van der Waals surface area contributed by atoms with Crippen molar-refractivity contribution in [2.45, 2.75) is 6.92 Å². The number of nitrogens with one attached hydrogen (secondary N) is 2. The Labute approximate surface area is 188 Å². The zero-order valence-electron chi connectivity index (χ0n) is 17.6. The van der Waals surface area contributed by atoms with Gasteiger partial charge in [-0.3, -0.25) is 14.9 Å². The summed E-state index contributed by atoms with van der Waals surface area (Å²) in [6, 6.07) is 20.0. The van der Waals surface area contributed by atoms with Gasteiger partial charge in [0.1, 0.15) is 11.6 Å². The summed E-state index contributed by atoms with van der Waals surface area (Å²) in [5.74, 6) is -1.04. The highest BCUT2D eigenvalue weighted by Crippen LogP contribution is 2.29. The number of fused-ring (bicyclic) bond motifs is 1. The third kappa shape index (κ3) is 3.96. The molecule has 2 aromatic heterocycles. The van der Waals surface area contributed by atoms with E-state index in [1.807, 2.05) is 24.3 Å². The normalized spacial score (nSPS) is 11.0. The number of aromatic amines is 1. The highest BCUT2D eigenvalue weighted by molar-refractivity contribution is 6.11. The van der Waals surface area contributed by atoms with Gasteiger partial charge in [0.05, 0.1) is 23.1 Å². The number of hydrogen-bond acceptors (Lipinski definition) is 3. The molecule has 0 saturated carbocycles. The van der Waals surface area contributed by atoms with Gasteiger partial charge in [0.2, 0.25) is 0 Å². The topological polar surface area (TPSA) is 70.7 Å². The van der Waals surface area contributed by atoms with Crippen LogP contribution in [0.1, 0.15) is 16.1 Å². The lowest BCUT2D eigenvalue weighted by Gasteiger charge is -2.08. The van der Waals surface area contributed by atoms with Crippen LogP contribution >= 0.6 is 0 Å². The number of benzene rings is 3. The summed E-state index contributed by atoms with van der Waals surface area (Å²) >= 11 is 0. The van der Waals surface area contributed by atoms with Gasteiger partial charge >= 0.3 is 0 Å². The Kier molecular flexibility index (Phi) is 5.14. The summed E-state index contributed by atoms with van der Waals surface area (Å²) in [5, 5.41) is 10.4. The standard InChI is InChI=1S/C26H18F2N4O/c1-15-20(6-3-7-22(15)28)16-8-10-24-21(13-16)25(32-31-24)26(33)30-19-9-11-23(29-14-19)17-4-2-5-18(27)12-17/h2-14H,1H3,(H,30,33)(H,31,32). The number of halogens is 2. The van der Waals surface area contributed by atoms with Gasteiger partial charge in [0, 0.05) is 10.9 Å². The fourth-order valence-corrected chi connectivity index (χ4v) is 3.75. The molecule has 0 unspecified atom stereocenters. The number of carbonyl (C=O) groups excluding carboxylic acids is 1. The Morgan fingerprint density at radius 3 is 2.58 bits per heavy atom. The van der Waals surface area contributed by atoms with E-state index >= 15 is 0 Å². The van der Waals surface area contributed by atoms with Crippen molar-refractivity contribution in [2.24, 2.45) is 0 Å². The molecule has 3 aromatic carbocycles. The summed E-state index contributed by atoms with van der Waals surface area (Å²) in [6.45, 7) is 1.72. The van der Waals surface area contributed by atoms with E-state index in [0.717, 1.165) is 11.1 Å². The summed E-state index contributed by atoms with van der Waals surface area (Å²) in [5.41, 5.74) is 4.70. The monoisotopic (exact) mass is 440 g/mol. The third-order valence-electron chi connectivity index (χ3n) is 5.50. The van der Waals surface area contributed by atoms with Gasteiger partial charge in [-0.25, -0.2) is 8.78 Å². The van der Waals surface area contributed by atoms with Gasteiger partial charge in [-0.15, -0.1) is 0 Å². The third-order valence-corrected chi connectivity index (χ3v) is 5.50. The highest BCUT2D eigenvalue weighted by Gasteiger charge is 2.16. The van der Waals surface area contributed by atoms with Gasteiger partial charge in [-0.1, -0.05) is 30.3 Å². The molecule has 5 rings (SSSR count). The molecule has 7 heteroatoms. The fourth-order valence-electron chi connectivity index (χ4n) is 3.75. The van der Waals surface area contributed by atoms with Crippen LogP contribution in [0.4, 0.5) is 14.5 Å². The minimum Gasteiger partial charge on any atom is -0.319 e. The van der Waals surface area contributed by atoms with E-state index in [2.05, 4.69) is 20.5 Å². The number of H-pyrrole nitrogens is 1. The molecule has 0 radical (unpaired) electrons. The molecule has 0 spiro atoms. The number of aromatic nitrogens is 3. The molecule has 33 heavy (non-hydrogen) atoms. The molecule has 162 valence electrons. The molecule has 0 bridgehead atoms. The van der Waals surface area contributed by atoms with Crippen molar-refractivity contribution in [3.05, 3.63) is 102 Å². The molecule has 1 amide bonds. The molecule has 5 nitrogen and oxygen atoms in total. The first-order chi connectivity index (χ1) is 16.0. The summed E-state index contributed by atoms with van der Waals surface area (Å²) < 4.78 is 27.5. The molecular weight excluding hydrogens is 422 g/mol. The van der Waals surface area contributed by atoms with Crippen LogP contribution in [0.2, 0.25) is 0 Å². The van der Waals surface area contributed by atoms with E-state index in [-0.39, 0.29) is 17.3 Å². The average molecular weight is 440 g/mol. The van der Waals surface area contributed by atoms with Crippen LogP contribution in [0.25, 0.3) is 33.3 Å². The van der Waals surface area contributed by atoms with Gasteiger partial charge < -0.3 is 5.32 Å². The Morgan fingerprint density at radius 1 is 0.939 bits per heavy atom. The number of anilines is 1. The van der Waals surface area contributed by atoms with Gasteiger partial charge in [-0.2, -0.15) is 5.10 Å². The van der Waals surface area contributed by atoms with Crippen molar-refractivity contribution >= 4 is 22.5 Å². The Morgan fingerprint density at radius 2 is 1.79 bits per heavy atom. The van der Waals surface area contributed by atoms with Gasteiger partial charge in [0.15, 0.2) is 5.69 Å². The molecule has 5 aromatic rings. The minimum absolute atomic E-state index is 0.218. The second kappa shape index (κ2) is 8.27. The molecule has 0 fully saturated rings. The predicted molar refractivity (Wildman–Crippen MR) is 124 cm³/mol. The van der Waals surface area contributed by atoms with Crippen LogP contribution in [0.3, 0.4) is 0 Å². The maximum Gasteiger partial charge on any atom is 0.276 e. The molecule has 0 aliphatic heterocycles. The lowest BCUT2D eigenvalue weighted by molar-refractivity contribution is 0.102. The average Bonchev–Trinajstić information content (AvgIpc) is 3.25. The molecule has 2 heterocycles. The Balaban J connectivity index is 1.42. The van der Waals surface area contributed by atoms with E-state index in [0.29, 0.717) is 33.4 Å². The first-order valence-corrected chi connectivity index (χ1v) is 10.3. The maximum atomic E-state index is 14.0. The largest absolute Gasteiger partial charge is 0.319 e. The summed E-state index contributed by atoms with van der Waals surface area (Å²) in [6.07, 6.45) is 1.51. The predicted octanol–water partition coefficient (Wildman–Crippen LogP) is 6.13. The van der Waals surface area contributed by atoms with Crippen molar-refractivity contribution in [3.8, 4) is 22.4 Å². The minimum atomic E-state index is -0.408. The number of amides is 1. The van der Waals surface area contributed by atoms with Crippen LogP contribution in [0.5, 0.6) is 0 Å². The number of hydrogen-bond donors (Lipinski definition) is 2. The summed E-state index contributed by atoms with van der Waals surface area (Å²) in [7, 11) is 0. The van der Waals surface area contributed by atoms with E-state index in [9.17, 15) is 13.6 Å². The van der Waals surface area contributed by atoms with Gasteiger partial charge in [-0.05, 0) is 66.1 Å². The van der Waals surface area contributed by atoms with Crippen molar-refractivity contribution in [3.63, 3.8) is 0 Å². The van der Waals surface area contributed by atoms with Crippen LogP contribution in [-0.2, 0) is 0 Å². The maximum absolute atomic E-state index is 14.0. The molecular formula is C26H18F2N4O. The van der Waals surface area contributed by atoms with Crippen molar-refractivity contribution in [1.29, 1.82) is 0 Å². The molecule has 0 aliphatic carbocycles. The van der Waals surface area contributed by atoms with E-state index in [4.69, 9.17) is 0 Å². The van der Waals surface area contributed by atoms with Crippen LogP contribution in [0.15, 0.2) is 79.0 Å². The first-order valence-electron chi connectivity index (χ1n) is 10.3. The molecule has 0 saturated heterocycles. The first kappa shape index (κ1) is 20.5. The van der Waals surface area contributed by atoms with E-state index in [1.165, 1.54) is 24.4 Å². The van der Waals surface area contributed by atoms with Crippen LogP contribution < -0.4 is 5.32 Å². The number of carbonyl (C=O) groups is 1. The van der Waals surface area contributed by atoms with Crippen molar-refractivity contribution in [1.82, 2.24) is 15.2 Å². The molecule has 0 atom stereocenters. The SMILES string of the molecule is Cc1c(F)cccc1-c1ccc2[nH]nc(C(=O)Nc3ccc(-c4cccc(F)c4)nc3)c2c1. The van der Waals surface area contributed by atoms with Crippen molar-refractivity contribution in [2.75, 3.05) is 5.32 Å². The van der Waals surface area contributed by atoms with Gasteiger partial charge in [0.25, 0.3) is 5.91 Å². The summed E-state index contributed by atoms with van der Waals surface area (Å²) in [4.78, 5) is 17.2. The Hall–Kier alpha value is -4.39. The number of rotatable bonds is 4. The number of pyridine rings is 1. The lowest BCUT2D eigenvalue weighted by atomic mass is 9.98. The second-order valence-electron chi connectivity index (χ2n) is 7.64. The Bertz CT molecular complexity index is 1490. The number of nitrogens with zero attached hydrogens (tertiary/aromatic N) is 2. The highest BCUT2D eigenvalue weighted by atomic mass is 19.1. The van der Waals surface area contributed by atoms with Crippen LogP contribution in [0, 0.1) is 18.6 Å². The van der Waals surface area contributed by atoms with Crippen LogP contribution in [-0.4, -0.2) is 21.1 Å². The molecule has 2 N–H and O–H groups in total. The zero-order valence-corrected chi connectivity index (χ0v) is 17.6. The van der Waals surface area contributed by atoms with Crippen molar-refractivity contribution < 1.29 is 13.6 Å². The smallest absolute Gasteiger partial charge is 0.276 e. The fraction of sp³-hybridized carbons (Fsp3) is 0.0385. The van der Waals surface area contributed by atoms with E-state index in [1.54, 1.807) is 37.3 Å².